The van der Waals surface area contributed by atoms with Gasteiger partial charge in [-0.15, -0.1) is 11.3 Å². The molecule has 3 aromatic rings. The molecule has 0 saturated heterocycles. The zero-order chi connectivity index (χ0) is 18.7. The van der Waals surface area contributed by atoms with E-state index in [9.17, 15) is 9.59 Å². The highest BCUT2D eigenvalue weighted by Crippen LogP contribution is 2.23. The van der Waals surface area contributed by atoms with Gasteiger partial charge in [0.1, 0.15) is 6.04 Å². The summed E-state index contributed by atoms with van der Waals surface area (Å²) in [7, 11) is 0. The van der Waals surface area contributed by atoms with Gasteiger partial charge in [0.25, 0.3) is 5.91 Å². The molecule has 0 fully saturated rings. The predicted octanol–water partition coefficient (Wildman–Crippen LogP) is 4.04. The van der Waals surface area contributed by atoms with Crippen LogP contribution in [0.25, 0.3) is 11.3 Å². The third-order valence-corrected chi connectivity index (χ3v) is 5.10. The van der Waals surface area contributed by atoms with Crippen LogP contribution in [0.3, 0.4) is 0 Å². The van der Waals surface area contributed by atoms with Gasteiger partial charge in [-0.3, -0.25) is 9.36 Å². The topological polar surface area (TPSA) is 71.7 Å². The summed E-state index contributed by atoms with van der Waals surface area (Å²) in [5.41, 5.74) is 2.03. The van der Waals surface area contributed by atoms with Gasteiger partial charge in [0.05, 0.1) is 5.69 Å². The van der Waals surface area contributed by atoms with Crippen LogP contribution in [-0.4, -0.2) is 27.6 Å². The molecule has 1 heterocycles. The molecule has 0 saturated carbocycles. The van der Waals surface area contributed by atoms with Gasteiger partial charge in [0, 0.05) is 15.4 Å². The normalized spacial score (nSPS) is 12.8. The molecule has 0 bridgehead atoms. The molecular weight excluding hydrogens is 416 g/mol. The van der Waals surface area contributed by atoms with E-state index in [-0.39, 0.29) is 5.91 Å². The number of hydrogen-bond donors (Lipinski definition) is 1. The van der Waals surface area contributed by atoms with E-state index in [0.29, 0.717) is 16.1 Å². The summed E-state index contributed by atoms with van der Waals surface area (Å²) in [6.45, 7) is 1.48. The van der Waals surface area contributed by atoms with Crippen molar-refractivity contribution in [3.05, 3.63) is 74.8 Å². The van der Waals surface area contributed by atoms with Crippen LogP contribution in [0, 0.1) is 0 Å². The lowest BCUT2D eigenvalue weighted by atomic mass is 10.1. The Bertz CT molecular complexity index is 1010. The second-order valence-corrected chi connectivity index (χ2v) is 7.31. The molecule has 3 rings (SSSR count). The highest BCUT2D eigenvalue weighted by atomic mass is 79.9. The molecule has 1 atom stereocenters. The number of carboxylic acid groups (broad SMARTS) is 1. The number of thiazole rings is 1. The summed E-state index contributed by atoms with van der Waals surface area (Å²) in [6.07, 6.45) is 0. The van der Waals surface area contributed by atoms with Gasteiger partial charge in [-0.1, -0.05) is 46.3 Å². The maximum atomic E-state index is 13.1. The predicted molar refractivity (Wildman–Crippen MR) is 104 cm³/mol. The Hall–Kier alpha value is -2.51. The van der Waals surface area contributed by atoms with Crippen LogP contribution >= 0.6 is 27.3 Å². The second kappa shape index (κ2) is 7.80. The Kier molecular flexibility index (Phi) is 5.49. The first-order chi connectivity index (χ1) is 12.5. The van der Waals surface area contributed by atoms with E-state index >= 15 is 0 Å². The standard InChI is InChI=1S/C19H15BrN2O3S/c1-12(18(24)25)21-19-22(17(23)14-5-3-2-4-6-14)16(11-26-19)13-7-9-15(20)10-8-13/h2-12H,1H3,(H,24,25). The first-order valence-corrected chi connectivity index (χ1v) is 9.47. The van der Waals surface area contributed by atoms with Gasteiger partial charge in [0.15, 0.2) is 4.80 Å². The van der Waals surface area contributed by atoms with Crippen molar-refractivity contribution in [2.75, 3.05) is 0 Å². The molecule has 0 aliphatic rings. The summed E-state index contributed by atoms with van der Waals surface area (Å²) < 4.78 is 2.41. The van der Waals surface area contributed by atoms with Crippen LogP contribution in [0.4, 0.5) is 0 Å². The van der Waals surface area contributed by atoms with E-state index in [1.807, 2.05) is 35.7 Å². The monoisotopic (exact) mass is 430 g/mol. The smallest absolute Gasteiger partial charge is 0.328 e. The molecule has 132 valence electrons. The number of nitrogens with zero attached hydrogens (tertiary/aromatic N) is 2. The Balaban J connectivity index is 2.20. The molecular formula is C19H15BrN2O3S. The summed E-state index contributed by atoms with van der Waals surface area (Å²) in [5.74, 6) is -1.29. The number of aliphatic carboxylic acids is 1. The largest absolute Gasteiger partial charge is 0.480 e. The zero-order valence-electron chi connectivity index (χ0n) is 13.8. The van der Waals surface area contributed by atoms with Crippen molar-refractivity contribution in [3.8, 4) is 11.3 Å². The molecule has 0 radical (unpaired) electrons. The summed E-state index contributed by atoms with van der Waals surface area (Å²) in [5, 5.41) is 11.0. The number of benzene rings is 2. The minimum atomic E-state index is -1.04. The van der Waals surface area contributed by atoms with E-state index in [1.165, 1.54) is 22.8 Å². The van der Waals surface area contributed by atoms with Gasteiger partial charge in [-0.25, -0.2) is 9.79 Å². The van der Waals surface area contributed by atoms with E-state index < -0.39 is 12.0 Å². The molecule has 0 amide bonds. The van der Waals surface area contributed by atoms with Crippen molar-refractivity contribution < 1.29 is 14.7 Å². The van der Waals surface area contributed by atoms with E-state index in [2.05, 4.69) is 20.9 Å². The van der Waals surface area contributed by atoms with Gasteiger partial charge in [-0.05, 0) is 36.8 Å². The molecule has 0 aliphatic carbocycles. The second-order valence-electron chi connectivity index (χ2n) is 5.56. The molecule has 7 heteroatoms. The number of carbonyl (C=O) groups excluding carboxylic acids is 1. The number of hydrogen-bond acceptors (Lipinski definition) is 4. The number of halogens is 1. The Labute approximate surface area is 162 Å². The summed E-state index contributed by atoms with van der Waals surface area (Å²) >= 11 is 4.65. The van der Waals surface area contributed by atoms with E-state index in [1.54, 1.807) is 24.3 Å². The van der Waals surface area contributed by atoms with Crippen molar-refractivity contribution in [3.63, 3.8) is 0 Å². The minimum absolute atomic E-state index is 0.249. The first kappa shape index (κ1) is 18.3. The maximum absolute atomic E-state index is 13.1. The highest BCUT2D eigenvalue weighted by Gasteiger charge is 2.18. The van der Waals surface area contributed by atoms with Gasteiger partial charge >= 0.3 is 5.97 Å². The molecule has 0 aliphatic heterocycles. The lowest BCUT2D eigenvalue weighted by Gasteiger charge is -2.09. The fourth-order valence-electron chi connectivity index (χ4n) is 2.35. The van der Waals surface area contributed by atoms with Crippen LogP contribution in [0.1, 0.15) is 17.3 Å². The van der Waals surface area contributed by atoms with Crippen molar-refractivity contribution in [2.45, 2.75) is 13.0 Å². The van der Waals surface area contributed by atoms with Crippen molar-refractivity contribution >= 4 is 39.1 Å². The fourth-order valence-corrected chi connectivity index (χ4v) is 3.58. The quantitative estimate of drug-likeness (QED) is 0.678. The lowest BCUT2D eigenvalue weighted by Crippen LogP contribution is -2.27. The summed E-state index contributed by atoms with van der Waals surface area (Å²) in [6, 6.07) is 15.5. The summed E-state index contributed by atoms with van der Waals surface area (Å²) in [4.78, 5) is 28.8. The number of aromatic nitrogens is 1. The lowest BCUT2D eigenvalue weighted by molar-refractivity contribution is -0.138. The van der Waals surface area contributed by atoms with Crippen molar-refractivity contribution in [2.24, 2.45) is 4.99 Å². The highest BCUT2D eigenvalue weighted by molar-refractivity contribution is 9.10. The fraction of sp³-hybridized carbons (Fsp3) is 0.105. The van der Waals surface area contributed by atoms with Crippen LogP contribution in [-0.2, 0) is 4.79 Å². The molecule has 1 unspecified atom stereocenters. The molecule has 0 spiro atoms. The average Bonchev–Trinajstić information content (AvgIpc) is 3.05. The van der Waals surface area contributed by atoms with Crippen molar-refractivity contribution in [1.82, 2.24) is 4.57 Å². The molecule has 2 aromatic carbocycles. The molecule has 26 heavy (non-hydrogen) atoms. The van der Waals surface area contributed by atoms with Crippen LogP contribution in [0.2, 0.25) is 0 Å². The minimum Gasteiger partial charge on any atom is -0.480 e. The van der Waals surface area contributed by atoms with Crippen LogP contribution in [0.15, 0.2) is 69.4 Å². The third kappa shape index (κ3) is 3.84. The first-order valence-electron chi connectivity index (χ1n) is 7.80. The van der Waals surface area contributed by atoms with E-state index in [4.69, 9.17) is 5.11 Å². The zero-order valence-corrected chi connectivity index (χ0v) is 16.2. The Morgan fingerprint density at radius 3 is 2.38 bits per heavy atom. The van der Waals surface area contributed by atoms with Gasteiger partial charge in [0.2, 0.25) is 0 Å². The Morgan fingerprint density at radius 2 is 1.77 bits per heavy atom. The molecule has 1 N–H and O–H groups in total. The number of rotatable bonds is 4. The molecule has 1 aromatic heterocycles. The van der Waals surface area contributed by atoms with Gasteiger partial charge < -0.3 is 5.11 Å². The average molecular weight is 431 g/mol. The maximum Gasteiger partial charge on any atom is 0.328 e. The van der Waals surface area contributed by atoms with Crippen LogP contribution < -0.4 is 4.80 Å². The Morgan fingerprint density at radius 1 is 1.12 bits per heavy atom. The number of carbonyl (C=O) groups is 2. The molecule has 5 nitrogen and oxygen atoms in total. The third-order valence-electron chi connectivity index (χ3n) is 3.73. The van der Waals surface area contributed by atoms with Crippen molar-refractivity contribution in [1.29, 1.82) is 0 Å². The van der Waals surface area contributed by atoms with Crippen LogP contribution in [0.5, 0.6) is 0 Å². The van der Waals surface area contributed by atoms with Gasteiger partial charge in [-0.2, -0.15) is 0 Å². The SMILES string of the molecule is CC(N=c1scc(-c2ccc(Br)cc2)n1C(=O)c1ccccc1)C(=O)O. The number of carboxylic acids is 1. The van der Waals surface area contributed by atoms with E-state index in [0.717, 1.165) is 10.0 Å².